The minimum Gasteiger partial charge on any atom is -0.378 e. The van der Waals surface area contributed by atoms with E-state index in [0.717, 1.165) is 24.3 Å². The Morgan fingerprint density at radius 2 is 2.04 bits per heavy atom. The van der Waals surface area contributed by atoms with Gasteiger partial charge in [-0.2, -0.15) is 0 Å². The number of nitrogens with zero attached hydrogens (tertiary/aromatic N) is 2. The van der Waals surface area contributed by atoms with Crippen molar-refractivity contribution >= 4 is 28.9 Å². The van der Waals surface area contributed by atoms with Crippen LogP contribution in [0.4, 0.5) is 11.4 Å². The highest BCUT2D eigenvalue weighted by Gasteiger charge is 2.15. The summed E-state index contributed by atoms with van der Waals surface area (Å²) in [7, 11) is 0. The van der Waals surface area contributed by atoms with Crippen LogP contribution < -0.4 is 10.2 Å². The number of benzene rings is 1. The van der Waals surface area contributed by atoms with Crippen molar-refractivity contribution in [2.24, 2.45) is 0 Å². The second kappa shape index (κ2) is 6.98. The first-order valence-corrected chi connectivity index (χ1v) is 7.87. The molecule has 5 nitrogen and oxygen atoms in total. The van der Waals surface area contributed by atoms with Crippen molar-refractivity contribution in [2.45, 2.75) is 6.92 Å². The number of anilines is 2. The summed E-state index contributed by atoms with van der Waals surface area (Å²) >= 11 is 5.99. The Bertz CT molecular complexity index is 715. The number of aromatic nitrogens is 1. The molecule has 1 aromatic carbocycles. The minimum atomic E-state index is -0.245. The molecule has 1 aliphatic heterocycles. The lowest BCUT2D eigenvalue weighted by Gasteiger charge is -2.28. The van der Waals surface area contributed by atoms with Gasteiger partial charge in [0.15, 0.2) is 0 Å². The lowest BCUT2D eigenvalue weighted by molar-refractivity contribution is 0.102. The van der Waals surface area contributed by atoms with Crippen LogP contribution in [0.2, 0.25) is 5.02 Å². The van der Waals surface area contributed by atoms with E-state index >= 15 is 0 Å². The summed E-state index contributed by atoms with van der Waals surface area (Å²) in [5, 5.41) is 3.45. The van der Waals surface area contributed by atoms with Crippen LogP contribution in [0.5, 0.6) is 0 Å². The lowest BCUT2D eigenvalue weighted by atomic mass is 10.2. The maximum Gasteiger partial charge on any atom is 0.274 e. The van der Waals surface area contributed by atoms with Crippen LogP contribution >= 0.6 is 11.6 Å². The Balaban J connectivity index is 1.78. The molecule has 1 aliphatic rings. The van der Waals surface area contributed by atoms with Crippen LogP contribution in [0, 0.1) is 6.92 Å². The van der Waals surface area contributed by atoms with Gasteiger partial charge >= 0.3 is 0 Å². The van der Waals surface area contributed by atoms with Gasteiger partial charge in [0, 0.05) is 35.7 Å². The van der Waals surface area contributed by atoms with E-state index in [-0.39, 0.29) is 5.91 Å². The largest absolute Gasteiger partial charge is 0.378 e. The molecule has 0 radical (unpaired) electrons. The Labute approximate surface area is 140 Å². The average Bonchev–Trinajstić information content (AvgIpc) is 2.59. The number of hydrogen-bond acceptors (Lipinski definition) is 4. The average molecular weight is 332 g/mol. The van der Waals surface area contributed by atoms with Gasteiger partial charge in [-0.3, -0.25) is 9.78 Å². The summed E-state index contributed by atoms with van der Waals surface area (Å²) in [6.07, 6.45) is 1.66. The first-order valence-electron chi connectivity index (χ1n) is 7.50. The van der Waals surface area contributed by atoms with E-state index in [1.807, 2.05) is 19.1 Å². The quantitative estimate of drug-likeness (QED) is 0.938. The summed E-state index contributed by atoms with van der Waals surface area (Å²) in [6.45, 7) is 4.96. The van der Waals surface area contributed by atoms with Crippen LogP contribution in [-0.4, -0.2) is 37.2 Å². The molecule has 0 spiro atoms. The van der Waals surface area contributed by atoms with Crippen LogP contribution in [0.1, 0.15) is 16.1 Å². The Morgan fingerprint density at radius 3 is 2.83 bits per heavy atom. The standard InChI is InChI=1S/C17H18ClN3O2/c1-12-2-3-13(18)10-15(12)20-17(22)16-11-14(4-5-19-16)21-6-8-23-9-7-21/h2-5,10-11H,6-9H2,1H3,(H,20,22). The summed E-state index contributed by atoms with van der Waals surface area (Å²) in [4.78, 5) is 18.8. The van der Waals surface area contributed by atoms with Gasteiger partial charge < -0.3 is 15.0 Å². The number of carbonyl (C=O) groups is 1. The molecule has 0 unspecified atom stereocenters. The van der Waals surface area contributed by atoms with Gasteiger partial charge in [-0.15, -0.1) is 0 Å². The summed E-state index contributed by atoms with van der Waals surface area (Å²) in [5.41, 5.74) is 3.01. The number of aryl methyl sites for hydroxylation is 1. The predicted molar refractivity (Wildman–Crippen MR) is 91.4 cm³/mol. The zero-order chi connectivity index (χ0) is 16.2. The highest BCUT2D eigenvalue weighted by molar-refractivity contribution is 6.31. The van der Waals surface area contributed by atoms with Gasteiger partial charge in [0.05, 0.1) is 13.2 Å². The van der Waals surface area contributed by atoms with E-state index in [4.69, 9.17) is 16.3 Å². The molecule has 1 aromatic heterocycles. The molecule has 1 fully saturated rings. The topological polar surface area (TPSA) is 54.5 Å². The number of ether oxygens (including phenoxy) is 1. The van der Waals surface area contributed by atoms with Gasteiger partial charge in [-0.1, -0.05) is 17.7 Å². The molecule has 0 aliphatic carbocycles. The number of rotatable bonds is 3. The van der Waals surface area contributed by atoms with E-state index < -0.39 is 0 Å². The SMILES string of the molecule is Cc1ccc(Cl)cc1NC(=O)c1cc(N2CCOCC2)ccn1. The molecule has 1 N–H and O–H groups in total. The number of morpholine rings is 1. The number of carbonyl (C=O) groups excluding carboxylic acids is 1. The second-order valence-corrected chi connectivity index (χ2v) is 5.85. The fourth-order valence-electron chi connectivity index (χ4n) is 2.48. The third kappa shape index (κ3) is 3.81. The molecule has 23 heavy (non-hydrogen) atoms. The van der Waals surface area contributed by atoms with Gasteiger partial charge in [-0.05, 0) is 36.8 Å². The summed E-state index contributed by atoms with van der Waals surface area (Å²) in [6, 6.07) is 9.12. The van der Waals surface area contributed by atoms with Crippen molar-refractivity contribution in [3.8, 4) is 0 Å². The number of nitrogens with one attached hydrogen (secondary N) is 1. The fourth-order valence-corrected chi connectivity index (χ4v) is 2.65. The molecule has 0 bridgehead atoms. The molecule has 0 atom stereocenters. The van der Waals surface area contributed by atoms with Crippen LogP contribution in [0.3, 0.4) is 0 Å². The zero-order valence-corrected chi connectivity index (χ0v) is 13.6. The molecule has 0 saturated carbocycles. The monoisotopic (exact) mass is 331 g/mol. The van der Waals surface area contributed by atoms with Gasteiger partial charge in [0.2, 0.25) is 0 Å². The molecular weight excluding hydrogens is 314 g/mol. The van der Waals surface area contributed by atoms with Gasteiger partial charge in [0.1, 0.15) is 5.69 Å². The second-order valence-electron chi connectivity index (χ2n) is 5.41. The third-order valence-corrected chi connectivity index (χ3v) is 4.04. The van der Waals surface area contributed by atoms with Crippen LogP contribution in [0.15, 0.2) is 36.5 Å². The van der Waals surface area contributed by atoms with Crippen molar-refractivity contribution in [3.63, 3.8) is 0 Å². The lowest BCUT2D eigenvalue weighted by Crippen LogP contribution is -2.36. The summed E-state index contributed by atoms with van der Waals surface area (Å²) < 4.78 is 5.35. The maximum absolute atomic E-state index is 12.5. The number of hydrogen-bond donors (Lipinski definition) is 1. The molecule has 1 saturated heterocycles. The van der Waals surface area contributed by atoms with Crippen molar-refractivity contribution in [1.29, 1.82) is 0 Å². The highest BCUT2D eigenvalue weighted by Crippen LogP contribution is 2.21. The number of amides is 1. The van der Waals surface area contributed by atoms with Crippen molar-refractivity contribution in [2.75, 3.05) is 36.5 Å². The Morgan fingerprint density at radius 1 is 1.26 bits per heavy atom. The third-order valence-electron chi connectivity index (χ3n) is 3.80. The first-order chi connectivity index (χ1) is 11.1. The van der Waals surface area contributed by atoms with E-state index in [2.05, 4.69) is 15.2 Å². The van der Waals surface area contributed by atoms with E-state index in [1.54, 1.807) is 24.4 Å². The minimum absolute atomic E-state index is 0.245. The van der Waals surface area contributed by atoms with E-state index in [9.17, 15) is 4.79 Å². The maximum atomic E-state index is 12.5. The molecule has 120 valence electrons. The molecule has 1 amide bonds. The molecule has 6 heteroatoms. The van der Waals surface area contributed by atoms with E-state index in [1.165, 1.54) is 0 Å². The fraction of sp³-hybridized carbons (Fsp3) is 0.294. The normalized spacial score (nSPS) is 14.6. The Kier molecular flexibility index (Phi) is 4.79. The van der Waals surface area contributed by atoms with Crippen molar-refractivity contribution < 1.29 is 9.53 Å². The zero-order valence-electron chi connectivity index (χ0n) is 12.9. The van der Waals surface area contributed by atoms with Gasteiger partial charge in [-0.25, -0.2) is 0 Å². The first kappa shape index (κ1) is 15.8. The number of pyridine rings is 1. The summed E-state index contributed by atoms with van der Waals surface area (Å²) in [5.74, 6) is -0.245. The Hall–Kier alpha value is -2.11. The van der Waals surface area contributed by atoms with Crippen LogP contribution in [-0.2, 0) is 4.74 Å². The predicted octanol–water partition coefficient (Wildman–Crippen LogP) is 3.13. The van der Waals surface area contributed by atoms with E-state index in [0.29, 0.717) is 29.6 Å². The number of halogens is 1. The van der Waals surface area contributed by atoms with Crippen molar-refractivity contribution in [1.82, 2.24) is 4.98 Å². The van der Waals surface area contributed by atoms with Crippen LogP contribution in [0.25, 0.3) is 0 Å². The molecular formula is C17H18ClN3O2. The molecule has 2 aromatic rings. The molecule has 2 heterocycles. The van der Waals surface area contributed by atoms with Crippen molar-refractivity contribution in [3.05, 3.63) is 52.8 Å². The van der Waals surface area contributed by atoms with Gasteiger partial charge in [0.25, 0.3) is 5.91 Å². The molecule has 3 rings (SSSR count). The smallest absolute Gasteiger partial charge is 0.274 e. The highest BCUT2D eigenvalue weighted by atomic mass is 35.5.